The van der Waals surface area contributed by atoms with Gasteiger partial charge >= 0.3 is 8.25 Å². The van der Waals surface area contributed by atoms with Gasteiger partial charge in [0.25, 0.3) is 0 Å². The zero-order chi connectivity index (χ0) is 15.9. The van der Waals surface area contributed by atoms with Gasteiger partial charge in [0, 0.05) is 6.42 Å². The molecule has 1 saturated heterocycles. The Morgan fingerprint density at radius 1 is 1.68 bits per heavy atom. The highest BCUT2D eigenvalue weighted by Gasteiger charge is 2.36. The van der Waals surface area contributed by atoms with Crippen LogP contribution in [0.25, 0.3) is 11.2 Å². The number of nitrogen functional groups attached to an aromatic ring is 1. The molecule has 12 heteroatoms. The highest BCUT2D eigenvalue weighted by atomic mass is 32.1. The van der Waals surface area contributed by atoms with Crippen molar-refractivity contribution in [1.82, 2.24) is 19.5 Å². The fraction of sp³-hybridized carbons (Fsp3) is 0.500. The molecule has 1 aliphatic heterocycles. The number of aromatic nitrogens is 4. The minimum Gasteiger partial charge on any atom is -0.390 e. The fourth-order valence-electron chi connectivity index (χ4n) is 2.34. The summed E-state index contributed by atoms with van der Waals surface area (Å²) in [4.78, 5) is 19.7. The minimum absolute atomic E-state index is 0.150. The van der Waals surface area contributed by atoms with Crippen LogP contribution in [0.5, 0.6) is 0 Å². The zero-order valence-electron chi connectivity index (χ0n) is 11.2. The lowest BCUT2D eigenvalue weighted by atomic mass is 10.2. The summed E-state index contributed by atoms with van der Waals surface area (Å²) in [5, 5.41) is 9.97. The van der Waals surface area contributed by atoms with Crippen molar-refractivity contribution in [3.63, 3.8) is 0 Å². The Balaban J connectivity index is 1.86. The Labute approximate surface area is 129 Å². The first-order chi connectivity index (χ1) is 10.5. The van der Waals surface area contributed by atoms with Crippen LogP contribution in [0.2, 0.25) is 0 Å². The Morgan fingerprint density at radius 3 is 3.18 bits per heavy atom. The monoisotopic (exact) mass is 347 g/mol. The number of H-pyrrole nitrogens is 1. The molecule has 0 aliphatic carbocycles. The number of aliphatic hydroxyl groups is 1. The van der Waals surface area contributed by atoms with Gasteiger partial charge in [-0.1, -0.05) is 12.2 Å². The minimum atomic E-state index is -3.07. The van der Waals surface area contributed by atoms with E-state index in [0.717, 1.165) is 0 Å². The van der Waals surface area contributed by atoms with Crippen molar-refractivity contribution in [3.05, 3.63) is 11.0 Å². The Bertz CT molecular complexity index is 779. The van der Waals surface area contributed by atoms with Crippen LogP contribution in [0.3, 0.4) is 0 Å². The summed E-state index contributed by atoms with van der Waals surface area (Å²) in [5.41, 5.74) is 6.56. The maximum absolute atomic E-state index is 10.6. The van der Waals surface area contributed by atoms with Crippen molar-refractivity contribution in [2.75, 3.05) is 12.3 Å². The Kier molecular flexibility index (Phi) is 4.26. The van der Waals surface area contributed by atoms with E-state index >= 15 is 0 Å². The number of nitrogens with zero attached hydrogens (tertiary/aromatic N) is 3. The quantitative estimate of drug-likeness (QED) is 0.447. The topological polar surface area (TPSA) is 149 Å². The molecule has 0 aromatic carbocycles. The van der Waals surface area contributed by atoms with E-state index in [1.54, 1.807) is 4.57 Å². The number of hydrogen-bond donors (Lipinski definition) is 4. The summed E-state index contributed by atoms with van der Waals surface area (Å²) in [7, 11) is -3.07. The molecule has 1 aliphatic rings. The molecule has 1 unspecified atom stereocenters. The van der Waals surface area contributed by atoms with Crippen molar-refractivity contribution in [2.45, 2.75) is 24.9 Å². The third-order valence-electron chi connectivity index (χ3n) is 3.34. The third kappa shape index (κ3) is 2.91. The molecular formula is C10H14N5O5PS. The number of fused-ring (bicyclic) bond motifs is 1. The average molecular weight is 347 g/mol. The van der Waals surface area contributed by atoms with Crippen LogP contribution in [-0.2, 0) is 13.8 Å². The number of nitrogens with two attached hydrogens (primary N) is 1. The number of aromatic amines is 1. The molecule has 120 valence electrons. The average Bonchev–Trinajstić information content (AvgIpc) is 3.00. The number of hydrogen-bond acceptors (Lipinski definition) is 8. The molecule has 10 nitrogen and oxygen atoms in total. The van der Waals surface area contributed by atoms with E-state index in [9.17, 15) is 9.67 Å². The van der Waals surface area contributed by atoms with Crippen LogP contribution in [0.15, 0.2) is 6.33 Å². The normalized spacial score (nSPS) is 26.5. The molecule has 0 radical (unpaired) electrons. The van der Waals surface area contributed by atoms with E-state index in [1.165, 1.54) is 6.33 Å². The number of rotatable bonds is 4. The maximum atomic E-state index is 10.6. The van der Waals surface area contributed by atoms with Gasteiger partial charge in [-0.25, -0.2) is 4.98 Å². The number of imidazole rings is 1. The first-order valence-electron chi connectivity index (χ1n) is 6.37. The predicted molar refractivity (Wildman–Crippen MR) is 78.8 cm³/mol. The van der Waals surface area contributed by atoms with E-state index in [-0.39, 0.29) is 19.0 Å². The van der Waals surface area contributed by atoms with E-state index < -0.39 is 26.7 Å². The van der Waals surface area contributed by atoms with E-state index in [0.29, 0.717) is 15.8 Å². The predicted octanol–water partition coefficient (Wildman–Crippen LogP) is 0.118. The molecule has 3 heterocycles. The van der Waals surface area contributed by atoms with E-state index in [1.807, 2.05) is 0 Å². The first kappa shape index (κ1) is 15.5. The lowest BCUT2D eigenvalue weighted by Crippen LogP contribution is -2.25. The van der Waals surface area contributed by atoms with Crippen LogP contribution in [0, 0.1) is 4.64 Å². The number of ether oxygens (including phenoxy) is 1. The van der Waals surface area contributed by atoms with Gasteiger partial charge < -0.3 is 30.0 Å². The van der Waals surface area contributed by atoms with Crippen molar-refractivity contribution in [2.24, 2.45) is 0 Å². The van der Waals surface area contributed by atoms with Gasteiger partial charge in [-0.05, 0) is 0 Å². The van der Waals surface area contributed by atoms with Gasteiger partial charge in [-0.2, -0.15) is 4.98 Å². The maximum Gasteiger partial charge on any atom is 0.316 e. The largest absolute Gasteiger partial charge is 0.390 e. The van der Waals surface area contributed by atoms with Gasteiger partial charge in [0.2, 0.25) is 5.95 Å². The molecule has 2 aromatic heterocycles. The van der Waals surface area contributed by atoms with Gasteiger partial charge in [0.15, 0.2) is 5.65 Å². The highest BCUT2D eigenvalue weighted by Crippen LogP contribution is 2.32. The lowest BCUT2D eigenvalue weighted by molar-refractivity contribution is -0.0384. The van der Waals surface area contributed by atoms with Crippen molar-refractivity contribution >= 4 is 37.6 Å². The van der Waals surface area contributed by atoms with Gasteiger partial charge in [0.1, 0.15) is 22.5 Å². The Hall–Kier alpha value is -1.36. The van der Waals surface area contributed by atoms with Crippen LogP contribution in [0.1, 0.15) is 12.6 Å². The molecule has 0 amide bonds. The molecule has 3 rings (SSSR count). The Morgan fingerprint density at radius 2 is 2.45 bits per heavy atom. The summed E-state index contributed by atoms with van der Waals surface area (Å²) in [6.45, 7) is -0.172. The molecule has 0 saturated carbocycles. The van der Waals surface area contributed by atoms with E-state index in [4.69, 9.17) is 27.6 Å². The van der Waals surface area contributed by atoms with Crippen LogP contribution >= 0.6 is 20.5 Å². The summed E-state index contributed by atoms with van der Waals surface area (Å²) in [5.74, 6) is 0.150. The molecule has 2 aromatic rings. The third-order valence-corrected chi connectivity index (χ3v) is 4.05. The molecule has 22 heavy (non-hydrogen) atoms. The van der Waals surface area contributed by atoms with Crippen molar-refractivity contribution in [1.29, 1.82) is 0 Å². The molecule has 0 bridgehead atoms. The van der Waals surface area contributed by atoms with Crippen LogP contribution < -0.4 is 5.73 Å². The summed E-state index contributed by atoms with van der Waals surface area (Å²) >= 11 is 5.13. The smallest absolute Gasteiger partial charge is 0.316 e. The standard InChI is InChI=1S/C10H14N5O5PS/c11-10-13-8-7(9(22)14-10)12-3-15(8)6-1-4(16)5(20-6)2-19-21(17)18/h3-6,16,21H,1-2H2,(H,17,18)(H3,11,13,14,22)/t4-,5-,6-/m1/s1. The van der Waals surface area contributed by atoms with Crippen molar-refractivity contribution < 1.29 is 23.8 Å². The number of nitrogens with one attached hydrogen (secondary N) is 1. The SMILES string of the molecule is Nc1nc2c(ncn2[C@H]2C[C@@H](O)[C@@H](CO[PH](=O)O)O2)c(=S)[nH]1. The summed E-state index contributed by atoms with van der Waals surface area (Å²) in [6.07, 6.45) is -0.327. The van der Waals surface area contributed by atoms with Crippen LogP contribution in [0.4, 0.5) is 5.95 Å². The second-order valence-electron chi connectivity index (χ2n) is 4.78. The van der Waals surface area contributed by atoms with Gasteiger partial charge in [-0.3, -0.25) is 9.13 Å². The van der Waals surface area contributed by atoms with Gasteiger partial charge in [0.05, 0.1) is 19.0 Å². The molecule has 4 atom stereocenters. The van der Waals surface area contributed by atoms with Crippen LogP contribution in [-0.4, -0.2) is 48.3 Å². The highest BCUT2D eigenvalue weighted by molar-refractivity contribution is 7.71. The van der Waals surface area contributed by atoms with Gasteiger partial charge in [-0.15, -0.1) is 0 Å². The molecular weight excluding hydrogens is 333 g/mol. The van der Waals surface area contributed by atoms with E-state index in [2.05, 4.69) is 19.5 Å². The summed E-state index contributed by atoms with van der Waals surface area (Å²) < 4.78 is 22.8. The zero-order valence-corrected chi connectivity index (χ0v) is 13.0. The molecule has 1 fully saturated rings. The summed E-state index contributed by atoms with van der Waals surface area (Å²) in [6, 6.07) is 0. The first-order valence-corrected chi connectivity index (χ1v) is 8.04. The van der Waals surface area contributed by atoms with Crippen molar-refractivity contribution in [3.8, 4) is 0 Å². The second kappa shape index (κ2) is 6.03. The second-order valence-corrected chi connectivity index (χ2v) is 6.01. The fourth-order valence-corrected chi connectivity index (χ4v) is 2.90. The lowest BCUT2D eigenvalue weighted by Gasteiger charge is -2.15. The molecule has 5 N–H and O–H groups in total. The number of aliphatic hydroxyl groups excluding tert-OH is 1. The molecule has 0 spiro atoms. The number of anilines is 1.